The van der Waals surface area contributed by atoms with Gasteiger partial charge < -0.3 is 19.5 Å². The maximum atomic E-state index is 13.4. The molecule has 0 fully saturated rings. The van der Waals surface area contributed by atoms with Crippen LogP contribution in [0, 0.1) is 11.3 Å². The van der Waals surface area contributed by atoms with Crippen molar-refractivity contribution in [3.05, 3.63) is 81.7 Å². The van der Waals surface area contributed by atoms with E-state index in [2.05, 4.69) is 11.4 Å². The minimum Gasteiger partial charge on any atom is -0.493 e. The molecule has 2 aliphatic rings. The van der Waals surface area contributed by atoms with Crippen molar-refractivity contribution in [3.8, 4) is 11.5 Å². The molecule has 0 saturated heterocycles. The number of ether oxygens (including phenoxy) is 3. The number of nitrogens with one attached hydrogen (secondary N) is 1. The topological polar surface area (TPSA) is 73.9 Å². The molecular formula is C29H32ClNO5. The standard InChI is InChI=1S/C29H32ClNO5/c1-6-35-28(33)25-17(2)31-21-14-29(3,4)15-22(32)27(21)26(25)19-10-11-23(24(13-19)34-5)36-16-18-8-7-9-20(30)12-18/h7-14,26-27,31H,6,15-16H2,1-5H3. The Morgan fingerprint density at radius 1 is 1.14 bits per heavy atom. The maximum Gasteiger partial charge on any atom is 0.336 e. The molecule has 1 heterocycles. The molecule has 0 spiro atoms. The lowest BCUT2D eigenvalue weighted by atomic mass is 9.66. The van der Waals surface area contributed by atoms with Crippen molar-refractivity contribution < 1.29 is 23.8 Å². The third-order valence-corrected chi connectivity index (χ3v) is 6.80. The van der Waals surface area contributed by atoms with E-state index in [4.69, 9.17) is 25.8 Å². The summed E-state index contributed by atoms with van der Waals surface area (Å²) in [6, 6.07) is 13.0. The Labute approximate surface area is 217 Å². The lowest BCUT2D eigenvalue weighted by molar-refractivity contribution is -0.139. The molecule has 6 nitrogen and oxygen atoms in total. The Morgan fingerprint density at radius 3 is 2.61 bits per heavy atom. The van der Waals surface area contributed by atoms with Crippen molar-refractivity contribution in [3.63, 3.8) is 0 Å². The molecule has 0 amide bonds. The minimum absolute atomic E-state index is 0.0875. The predicted octanol–water partition coefficient (Wildman–Crippen LogP) is 5.95. The van der Waals surface area contributed by atoms with E-state index >= 15 is 0 Å². The largest absolute Gasteiger partial charge is 0.493 e. The van der Waals surface area contributed by atoms with E-state index in [1.54, 1.807) is 14.0 Å². The molecule has 2 atom stereocenters. The number of halogens is 1. The Balaban J connectivity index is 1.74. The Kier molecular flexibility index (Phi) is 7.46. The number of carbonyl (C=O) groups excluding carboxylic acids is 2. The van der Waals surface area contributed by atoms with E-state index in [1.807, 2.05) is 63.2 Å². The minimum atomic E-state index is -0.510. The average molecular weight is 510 g/mol. The van der Waals surface area contributed by atoms with Crippen molar-refractivity contribution >= 4 is 23.4 Å². The van der Waals surface area contributed by atoms with Crippen molar-refractivity contribution in [1.29, 1.82) is 0 Å². The normalized spacial score (nSPS) is 20.7. The average Bonchev–Trinajstić information content (AvgIpc) is 2.81. The third kappa shape index (κ3) is 5.29. The number of benzene rings is 2. The molecule has 0 aromatic heterocycles. The molecule has 0 radical (unpaired) electrons. The number of methoxy groups -OCH3 is 1. The summed E-state index contributed by atoms with van der Waals surface area (Å²) in [7, 11) is 1.57. The summed E-state index contributed by atoms with van der Waals surface area (Å²) < 4.78 is 17.1. The van der Waals surface area contributed by atoms with Crippen LogP contribution in [0.3, 0.4) is 0 Å². The molecule has 1 aliphatic carbocycles. The van der Waals surface area contributed by atoms with Gasteiger partial charge in [-0.1, -0.05) is 49.7 Å². The van der Waals surface area contributed by atoms with E-state index in [0.29, 0.717) is 40.8 Å². The number of fused-ring (bicyclic) bond motifs is 1. The van der Waals surface area contributed by atoms with Gasteiger partial charge in [0.2, 0.25) is 0 Å². The third-order valence-electron chi connectivity index (χ3n) is 6.56. The van der Waals surface area contributed by atoms with Crippen LogP contribution in [0.4, 0.5) is 0 Å². The van der Waals surface area contributed by atoms with E-state index in [0.717, 1.165) is 16.8 Å². The van der Waals surface area contributed by atoms with Gasteiger partial charge in [-0.2, -0.15) is 0 Å². The molecule has 2 aromatic carbocycles. The molecule has 4 rings (SSSR count). The second-order valence-electron chi connectivity index (χ2n) is 9.90. The Hall–Kier alpha value is -3.25. The van der Waals surface area contributed by atoms with Crippen LogP contribution in [0.1, 0.15) is 51.2 Å². The molecule has 36 heavy (non-hydrogen) atoms. The maximum absolute atomic E-state index is 13.4. The zero-order valence-electron chi connectivity index (χ0n) is 21.3. The van der Waals surface area contributed by atoms with Crippen molar-refractivity contribution in [2.75, 3.05) is 13.7 Å². The highest BCUT2D eigenvalue weighted by molar-refractivity contribution is 6.30. The number of esters is 1. The fourth-order valence-corrected chi connectivity index (χ4v) is 5.30. The van der Waals surface area contributed by atoms with Crippen molar-refractivity contribution in [2.45, 2.75) is 46.6 Å². The highest BCUT2D eigenvalue weighted by atomic mass is 35.5. The molecule has 1 N–H and O–H groups in total. The molecule has 190 valence electrons. The lowest BCUT2D eigenvalue weighted by Crippen LogP contribution is -2.43. The number of hydrogen-bond acceptors (Lipinski definition) is 6. The molecule has 1 aliphatic heterocycles. The molecular weight excluding hydrogens is 478 g/mol. The molecule has 0 saturated carbocycles. The van der Waals surface area contributed by atoms with E-state index in [9.17, 15) is 9.59 Å². The predicted molar refractivity (Wildman–Crippen MR) is 139 cm³/mol. The van der Waals surface area contributed by atoms with Crippen LogP contribution >= 0.6 is 11.6 Å². The fourth-order valence-electron chi connectivity index (χ4n) is 5.09. The van der Waals surface area contributed by atoms with Gasteiger partial charge in [0.25, 0.3) is 0 Å². The highest BCUT2D eigenvalue weighted by Crippen LogP contribution is 2.48. The van der Waals surface area contributed by atoms with Crippen molar-refractivity contribution in [2.24, 2.45) is 11.3 Å². The van der Waals surface area contributed by atoms with Gasteiger partial charge in [-0.3, -0.25) is 4.79 Å². The molecule has 7 heteroatoms. The van der Waals surface area contributed by atoms with Crippen LogP contribution in [0.2, 0.25) is 5.02 Å². The summed E-state index contributed by atoms with van der Waals surface area (Å²) in [5, 5.41) is 3.97. The summed E-state index contributed by atoms with van der Waals surface area (Å²) >= 11 is 6.09. The zero-order valence-corrected chi connectivity index (χ0v) is 22.1. The number of rotatable bonds is 7. The monoisotopic (exact) mass is 509 g/mol. The van der Waals surface area contributed by atoms with Gasteiger partial charge in [0.05, 0.1) is 25.2 Å². The van der Waals surface area contributed by atoms with E-state index in [-0.39, 0.29) is 17.8 Å². The first-order valence-corrected chi connectivity index (χ1v) is 12.5. The van der Waals surface area contributed by atoms with Gasteiger partial charge >= 0.3 is 5.97 Å². The van der Waals surface area contributed by atoms with Crippen LogP contribution in [0.25, 0.3) is 0 Å². The smallest absolute Gasteiger partial charge is 0.336 e. The van der Waals surface area contributed by atoms with Crippen molar-refractivity contribution in [1.82, 2.24) is 5.32 Å². The van der Waals surface area contributed by atoms with Gasteiger partial charge in [0.1, 0.15) is 12.4 Å². The van der Waals surface area contributed by atoms with Crippen LogP contribution in [-0.2, 0) is 20.9 Å². The van der Waals surface area contributed by atoms with Gasteiger partial charge in [-0.15, -0.1) is 0 Å². The van der Waals surface area contributed by atoms with Gasteiger partial charge in [-0.25, -0.2) is 4.79 Å². The second-order valence-corrected chi connectivity index (χ2v) is 10.3. The van der Waals surface area contributed by atoms with Gasteiger partial charge in [0, 0.05) is 28.8 Å². The quantitative estimate of drug-likeness (QED) is 0.465. The van der Waals surface area contributed by atoms with E-state index in [1.165, 1.54) is 0 Å². The number of Topliss-reactive ketones (excluding diaryl/α,β-unsaturated/α-hetero) is 1. The molecule has 2 aromatic rings. The molecule has 0 bridgehead atoms. The second kappa shape index (κ2) is 10.4. The SMILES string of the molecule is CCOC(=O)C1=C(C)NC2=CC(C)(C)CC(=O)C2C1c1ccc(OCc2cccc(Cl)c2)c(OC)c1. The fraction of sp³-hybridized carbons (Fsp3) is 0.379. The lowest BCUT2D eigenvalue weighted by Gasteiger charge is -2.41. The number of carbonyl (C=O) groups is 2. The van der Waals surface area contributed by atoms with Crippen LogP contribution in [0.15, 0.2) is 65.5 Å². The number of allylic oxidation sites excluding steroid dienone is 3. The van der Waals surface area contributed by atoms with Gasteiger partial charge in [-0.05, 0) is 54.7 Å². The van der Waals surface area contributed by atoms with E-state index < -0.39 is 17.8 Å². The summed E-state index contributed by atoms with van der Waals surface area (Å²) in [5.41, 5.74) is 3.42. The first-order chi connectivity index (χ1) is 17.1. The van der Waals surface area contributed by atoms with Gasteiger partial charge in [0.15, 0.2) is 11.5 Å². The number of hydrogen-bond donors (Lipinski definition) is 1. The first kappa shape index (κ1) is 25.8. The highest BCUT2D eigenvalue weighted by Gasteiger charge is 2.46. The zero-order chi connectivity index (χ0) is 26.0. The summed E-state index contributed by atoms with van der Waals surface area (Å²) in [4.78, 5) is 26.5. The summed E-state index contributed by atoms with van der Waals surface area (Å²) in [6.07, 6.45) is 2.50. The Bertz CT molecular complexity index is 1250. The summed E-state index contributed by atoms with van der Waals surface area (Å²) in [6.45, 7) is 8.27. The Morgan fingerprint density at radius 2 is 1.92 bits per heavy atom. The summed E-state index contributed by atoms with van der Waals surface area (Å²) in [5.74, 6) is -0.280. The van der Waals surface area contributed by atoms with Crippen LogP contribution < -0.4 is 14.8 Å². The van der Waals surface area contributed by atoms with Crippen LogP contribution in [0.5, 0.6) is 11.5 Å². The number of ketones is 1. The van der Waals surface area contributed by atoms with Crippen LogP contribution in [-0.4, -0.2) is 25.5 Å². The molecule has 2 unspecified atom stereocenters. The first-order valence-electron chi connectivity index (χ1n) is 12.1.